The second-order valence-electron chi connectivity index (χ2n) is 5.29. The molecular formula is C15H22FNO. The van der Waals surface area contributed by atoms with Crippen LogP contribution in [0, 0.1) is 11.7 Å². The van der Waals surface area contributed by atoms with Crippen molar-refractivity contribution < 1.29 is 9.13 Å². The Balaban J connectivity index is 1.91. The van der Waals surface area contributed by atoms with Crippen LogP contribution in [0.3, 0.4) is 0 Å². The predicted octanol–water partition coefficient (Wildman–Crippen LogP) is 3.80. The Hall–Kier alpha value is -1.09. The monoisotopic (exact) mass is 251 g/mol. The van der Waals surface area contributed by atoms with E-state index in [1.54, 1.807) is 13.0 Å². The second kappa shape index (κ2) is 6.19. The molecule has 0 bridgehead atoms. The Morgan fingerprint density at radius 3 is 2.67 bits per heavy atom. The zero-order valence-corrected chi connectivity index (χ0v) is 11.0. The molecule has 1 fully saturated rings. The molecule has 18 heavy (non-hydrogen) atoms. The molecule has 1 aromatic rings. The number of rotatable bonds is 4. The van der Waals surface area contributed by atoms with Gasteiger partial charge in [0.1, 0.15) is 11.6 Å². The van der Waals surface area contributed by atoms with Crippen LogP contribution >= 0.6 is 0 Å². The molecule has 1 saturated carbocycles. The molecule has 1 aromatic carbocycles. The largest absolute Gasteiger partial charge is 0.493 e. The first-order valence-electron chi connectivity index (χ1n) is 6.84. The molecule has 0 amide bonds. The van der Waals surface area contributed by atoms with Gasteiger partial charge in [-0.1, -0.05) is 25.3 Å². The van der Waals surface area contributed by atoms with Crippen LogP contribution in [0.1, 0.15) is 50.6 Å². The first-order valence-corrected chi connectivity index (χ1v) is 6.84. The standard InChI is InChI=1S/C15H22FNO/c1-11(17)14-8-7-13(9-15(14)16)18-10-12-5-3-2-4-6-12/h7-9,11-12H,2-6,10,17H2,1H3/t11-/m1/s1. The topological polar surface area (TPSA) is 35.2 Å². The molecule has 0 saturated heterocycles. The minimum Gasteiger partial charge on any atom is -0.493 e. The van der Waals surface area contributed by atoms with E-state index in [1.807, 2.05) is 6.07 Å². The van der Waals surface area contributed by atoms with Gasteiger partial charge >= 0.3 is 0 Å². The van der Waals surface area contributed by atoms with Crippen LogP contribution in [-0.4, -0.2) is 6.61 Å². The molecule has 0 aliphatic heterocycles. The van der Waals surface area contributed by atoms with Crippen LogP contribution < -0.4 is 10.5 Å². The summed E-state index contributed by atoms with van der Waals surface area (Å²) in [4.78, 5) is 0. The summed E-state index contributed by atoms with van der Waals surface area (Å²) in [6.45, 7) is 2.48. The van der Waals surface area contributed by atoms with E-state index in [1.165, 1.54) is 38.2 Å². The Morgan fingerprint density at radius 1 is 1.33 bits per heavy atom. The second-order valence-corrected chi connectivity index (χ2v) is 5.29. The van der Waals surface area contributed by atoms with Crippen molar-refractivity contribution in [2.45, 2.75) is 45.1 Å². The van der Waals surface area contributed by atoms with E-state index < -0.39 is 0 Å². The molecule has 0 spiro atoms. The average Bonchev–Trinajstić information content (AvgIpc) is 2.37. The normalized spacial score (nSPS) is 18.6. The highest BCUT2D eigenvalue weighted by Gasteiger charge is 2.14. The van der Waals surface area contributed by atoms with Gasteiger partial charge in [-0.25, -0.2) is 4.39 Å². The van der Waals surface area contributed by atoms with Gasteiger partial charge in [0.25, 0.3) is 0 Å². The van der Waals surface area contributed by atoms with E-state index in [9.17, 15) is 4.39 Å². The van der Waals surface area contributed by atoms with Gasteiger partial charge in [-0.3, -0.25) is 0 Å². The summed E-state index contributed by atoms with van der Waals surface area (Å²) < 4.78 is 19.4. The molecule has 2 N–H and O–H groups in total. The number of halogens is 1. The van der Waals surface area contributed by atoms with Crippen molar-refractivity contribution in [2.24, 2.45) is 11.7 Å². The number of ether oxygens (including phenoxy) is 1. The summed E-state index contributed by atoms with van der Waals surface area (Å²) >= 11 is 0. The van der Waals surface area contributed by atoms with Gasteiger partial charge in [-0.2, -0.15) is 0 Å². The Morgan fingerprint density at radius 2 is 2.06 bits per heavy atom. The highest BCUT2D eigenvalue weighted by molar-refractivity contribution is 5.30. The van der Waals surface area contributed by atoms with Gasteiger partial charge in [0.2, 0.25) is 0 Å². The van der Waals surface area contributed by atoms with E-state index in [2.05, 4.69) is 0 Å². The Labute approximate surface area is 108 Å². The lowest BCUT2D eigenvalue weighted by Gasteiger charge is -2.21. The van der Waals surface area contributed by atoms with Crippen molar-refractivity contribution in [3.63, 3.8) is 0 Å². The van der Waals surface area contributed by atoms with Gasteiger partial charge in [0.05, 0.1) is 6.61 Å². The van der Waals surface area contributed by atoms with Crippen molar-refractivity contribution in [1.29, 1.82) is 0 Å². The molecule has 0 aromatic heterocycles. The minimum absolute atomic E-state index is 0.272. The van der Waals surface area contributed by atoms with Crippen LogP contribution in [0.15, 0.2) is 18.2 Å². The fourth-order valence-corrected chi connectivity index (χ4v) is 2.53. The predicted molar refractivity (Wildman–Crippen MR) is 71.1 cm³/mol. The maximum Gasteiger partial charge on any atom is 0.131 e. The zero-order valence-electron chi connectivity index (χ0n) is 11.0. The van der Waals surface area contributed by atoms with Crippen LogP contribution in [0.25, 0.3) is 0 Å². The first-order chi connectivity index (χ1) is 8.66. The van der Waals surface area contributed by atoms with E-state index in [0.717, 1.165) is 0 Å². The van der Waals surface area contributed by atoms with E-state index >= 15 is 0 Å². The zero-order chi connectivity index (χ0) is 13.0. The van der Waals surface area contributed by atoms with Gasteiger partial charge in [-0.15, -0.1) is 0 Å². The summed E-state index contributed by atoms with van der Waals surface area (Å²) in [7, 11) is 0. The van der Waals surface area contributed by atoms with E-state index in [4.69, 9.17) is 10.5 Å². The molecule has 100 valence electrons. The van der Waals surface area contributed by atoms with E-state index in [0.29, 0.717) is 23.8 Å². The lowest BCUT2D eigenvalue weighted by molar-refractivity contribution is 0.208. The van der Waals surface area contributed by atoms with Crippen LogP contribution in [-0.2, 0) is 0 Å². The summed E-state index contributed by atoms with van der Waals surface area (Å²) in [5, 5.41) is 0. The lowest BCUT2D eigenvalue weighted by Crippen LogP contribution is -2.15. The Bertz CT molecular complexity index is 386. The van der Waals surface area contributed by atoms with Gasteiger partial charge < -0.3 is 10.5 Å². The molecule has 2 nitrogen and oxygen atoms in total. The molecular weight excluding hydrogens is 229 g/mol. The van der Waals surface area contributed by atoms with Crippen LogP contribution in [0.5, 0.6) is 5.75 Å². The summed E-state index contributed by atoms with van der Waals surface area (Å²) in [6, 6.07) is 4.69. The van der Waals surface area contributed by atoms with E-state index in [-0.39, 0.29) is 11.9 Å². The molecule has 3 heteroatoms. The molecule has 2 rings (SSSR count). The van der Waals surface area contributed by atoms with Gasteiger partial charge in [0, 0.05) is 17.7 Å². The first kappa shape index (κ1) is 13.3. The van der Waals surface area contributed by atoms with Gasteiger partial charge in [0.15, 0.2) is 0 Å². The number of hydrogen-bond acceptors (Lipinski definition) is 2. The summed E-state index contributed by atoms with van der Waals surface area (Å²) in [6.07, 6.45) is 6.41. The maximum atomic E-state index is 13.7. The quantitative estimate of drug-likeness (QED) is 0.883. The van der Waals surface area contributed by atoms with Gasteiger partial charge in [-0.05, 0) is 31.7 Å². The van der Waals surface area contributed by atoms with Crippen molar-refractivity contribution in [3.05, 3.63) is 29.6 Å². The van der Waals surface area contributed by atoms with Crippen molar-refractivity contribution >= 4 is 0 Å². The summed E-state index contributed by atoms with van der Waals surface area (Å²) in [5.41, 5.74) is 6.22. The Kier molecular flexibility index (Phi) is 4.59. The number of benzene rings is 1. The third-order valence-corrected chi connectivity index (χ3v) is 3.67. The molecule has 0 unspecified atom stereocenters. The van der Waals surface area contributed by atoms with Crippen molar-refractivity contribution in [2.75, 3.05) is 6.61 Å². The highest BCUT2D eigenvalue weighted by Crippen LogP contribution is 2.26. The third kappa shape index (κ3) is 3.45. The average molecular weight is 251 g/mol. The number of nitrogens with two attached hydrogens (primary N) is 1. The lowest BCUT2D eigenvalue weighted by atomic mass is 9.90. The van der Waals surface area contributed by atoms with Crippen LogP contribution in [0.4, 0.5) is 4.39 Å². The maximum absolute atomic E-state index is 13.7. The van der Waals surface area contributed by atoms with Crippen molar-refractivity contribution in [3.8, 4) is 5.75 Å². The molecule has 1 aliphatic rings. The molecule has 0 heterocycles. The minimum atomic E-state index is -0.280. The fourth-order valence-electron chi connectivity index (χ4n) is 2.53. The molecule has 0 radical (unpaired) electrons. The SMILES string of the molecule is C[C@@H](N)c1ccc(OCC2CCCCC2)cc1F. The molecule has 1 aliphatic carbocycles. The smallest absolute Gasteiger partial charge is 0.131 e. The van der Waals surface area contributed by atoms with Crippen molar-refractivity contribution in [1.82, 2.24) is 0 Å². The fraction of sp³-hybridized carbons (Fsp3) is 0.600. The number of hydrogen-bond donors (Lipinski definition) is 1. The van der Waals surface area contributed by atoms with Crippen LogP contribution in [0.2, 0.25) is 0 Å². The highest BCUT2D eigenvalue weighted by atomic mass is 19.1. The summed E-state index contributed by atoms with van der Waals surface area (Å²) in [5.74, 6) is 0.975. The molecule has 1 atom stereocenters. The third-order valence-electron chi connectivity index (χ3n) is 3.67.